The molecule has 1 heterocycles. The second-order valence-corrected chi connectivity index (χ2v) is 12.4. The fourth-order valence-corrected chi connectivity index (χ4v) is 5.38. The van der Waals surface area contributed by atoms with E-state index in [4.69, 9.17) is 9.47 Å². The van der Waals surface area contributed by atoms with Crippen LogP contribution in [-0.4, -0.2) is 95.6 Å². The number of alkyl halides is 3. The molecule has 2 amide bonds. The fourth-order valence-electron chi connectivity index (χ4n) is 5.38. The number of amides is 2. The molecule has 1 aliphatic heterocycles. The van der Waals surface area contributed by atoms with Crippen LogP contribution < -0.4 is 10.1 Å². The Hall–Kier alpha value is -3.68. The van der Waals surface area contributed by atoms with Crippen LogP contribution in [-0.2, 0) is 16.1 Å². The quantitative estimate of drug-likeness (QED) is 0.300. The molecule has 0 spiro atoms. The van der Waals surface area contributed by atoms with E-state index in [1.54, 1.807) is 31.2 Å². The van der Waals surface area contributed by atoms with E-state index >= 15 is 0 Å². The molecule has 3 N–H and O–H groups in total. The van der Waals surface area contributed by atoms with Gasteiger partial charge in [-0.3, -0.25) is 14.5 Å². The summed E-state index contributed by atoms with van der Waals surface area (Å²) in [4.78, 5) is 41.3. The maximum atomic E-state index is 14.2. The molecule has 13 heteroatoms. The first kappa shape index (κ1) is 37.8. The second-order valence-electron chi connectivity index (χ2n) is 12.4. The van der Waals surface area contributed by atoms with Crippen molar-refractivity contribution >= 4 is 23.5 Å². The highest BCUT2D eigenvalue weighted by atomic mass is 19.4. The number of aliphatic hydroxyl groups excluding tert-OH is 1. The van der Waals surface area contributed by atoms with E-state index in [2.05, 4.69) is 10.2 Å². The van der Waals surface area contributed by atoms with Gasteiger partial charge in [-0.15, -0.1) is 0 Å². The van der Waals surface area contributed by atoms with Crippen molar-refractivity contribution in [3.8, 4) is 5.75 Å². The van der Waals surface area contributed by atoms with Crippen LogP contribution >= 0.6 is 0 Å². The largest absolute Gasteiger partial charge is 0.490 e. The zero-order valence-corrected chi connectivity index (χ0v) is 27.4. The normalized spacial score (nSPS) is 20.6. The molecule has 0 aliphatic carbocycles. The van der Waals surface area contributed by atoms with Gasteiger partial charge in [0.25, 0.3) is 5.91 Å². The van der Waals surface area contributed by atoms with Gasteiger partial charge in [0.2, 0.25) is 5.91 Å². The van der Waals surface area contributed by atoms with Crippen LogP contribution in [0.15, 0.2) is 42.5 Å². The number of anilines is 1. The summed E-state index contributed by atoms with van der Waals surface area (Å²) in [5.74, 6) is -2.21. The predicted octanol–water partition coefficient (Wildman–Crippen LogP) is 5.59. The Balaban J connectivity index is 1.87. The standard InChI is InChI=1S/C34H46F3N3O7/c1-22-18-40(23(2)21-41)32(43)28-17-27(38-31(42)14-15-34(35,36)37)12-13-29(28)47-24(3)7-5-6-16-46-30(22)20-39(4)19-25-8-10-26(11-9-25)33(44)45/h8-13,17,22-24,30,41H,5-7,14-16,18-21H2,1-4H3,(H,38,42)(H,44,45)/t22-,23-,24-,30+/m1/s1. The number of nitrogens with one attached hydrogen (secondary N) is 1. The van der Waals surface area contributed by atoms with E-state index in [1.165, 1.54) is 23.1 Å². The molecule has 0 saturated heterocycles. The molecule has 0 aromatic heterocycles. The number of carbonyl (C=O) groups is 3. The van der Waals surface area contributed by atoms with Crippen molar-refractivity contribution in [2.45, 2.75) is 83.8 Å². The number of benzene rings is 2. The van der Waals surface area contributed by atoms with Gasteiger partial charge in [0.05, 0.1) is 42.4 Å². The number of carbonyl (C=O) groups excluding carboxylic acids is 2. The number of aromatic carboxylic acids is 1. The summed E-state index contributed by atoms with van der Waals surface area (Å²) in [7, 11) is 1.94. The van der Waals surface area contributed by atoms with Crippen LogP contribution in [0.1, 0.15) is 79.2 Å². The van der Waals surface area contributed by atoms with Gasteiger partial charge in [-0.25, -0.2) is 4.79 Å². The molecule has 0 unspecified atom stereocenters. The van der Waals surface area contributed by atoms with E-state index < -0.39 is 42.8 Å². The molecular weight excluding hydrogens is 619 g/mol. The number of fused-ring (bicyclic) bond motifs is 1. The summed E-state index contributed by atoms with van der Waals surface area (Å²) in [6.45, 7) is 7.00. The molecule has 3 rings (SSSR count). The first-order chi connectivity index (χ1) is 22.2. The van der Waals surface area contributed by atoms with Crippen molar-refractivity contribution in [1.29, 1.82) is 0 Å². The topological polar surface area (TPSA) is 129 Å². The third-order valence-electron chi connectivity index (χ3n) is 8.12. The number of carboxylic acid groups (broad SMARTS) is 1. The van der Waals surface area contributed by atoms with Crippen molar-refractivity contribution < 1.29 is 47.2 Å². The third kappa shape index (κ3) is 12.1. The molecular formula is C34H46F3N3O7. The lowest BCUT2D eigenvalue weighted by molar-refractivity contribution is -0.142. The second kappa shape index (κ2) is 17.5. The summed E-state index contributed by atoms with van der Waals surface area (Å²) in [6.07, 6.45) is -4.80. The Morgan fingerprint density at radius 1 is 1.13 bits per heavy atom. The lowest BCUT2D eigenvalue weighted by Gasteiger charge is -2.36. The number of hydrogen-bond acceptors (Lipinski definition) is 7. The summed E-state index contributed by atoms with van der Waals surface area (Å²) < 4.78 is 50.5. The maximum absolute atomic E-state index is 14.2. The highest BCUT2D eigenvalue weighted by Gasteiger charge is 2.31. The van der Waals surface area contributed by atoms with Crippen LogP contribution in [0.25, 0.3) is 0 Å². The van der Waals surface area contributed by atoms with Gasteiger partial charge < -0.3 is 29.9 Å². The Labute approximate surface area is 273 Å². The lowest BCUT2D eigenvalue weighted by Crippen LogP contribution is -2.47. The molecule has 2 aromatic rings. The van der Waals surface area contributed by atoms with E-state index in [0.29, 0.717) is 26.1 Å². The van der Waals surface area contributed by atoms with Crippen LogP contribution in [0.2, 0.25) is 0 Å². The van der Waals surface area contributed by atoms with Gasteiger partial charge in [0, 0.05) is 44.3 Å². The van der Waals surface area contributed by atoms with Crippen LogP contribution in [0.4, 0.5) is 18.9 Å². The average Bonchev–Trinajstić information content (AvgIpc) is 3.01. The van der Waals surface area contributed by atoms with Crippen molar-refractivity contribution in [3.05, 3.63) is 59.2 Å². The van der Waals surface area contributed by atoms with Gasteiger partial charge in [0.15, 0.2) is 0 Å². The molecule has 10 nitrogen and oxygen atoms in total. The molecule has 1 aliphatic rings. The number of rotatable bonds is 10. The van der Waals surface area contributed by atoms with Gasteiger partial charge in [0.1, 0.15) is 5.75 Å². The Morgan fingerprint density at radius 3 is 2.47 bits per heavy atom. The number of likely N-dealkylation sites (N-methyl/N-ethyl adjacent to an activating group) is 1. The predicted molar refractivity (Wildman–Crippen MR) is 171 cm³/mol. The van der Waals surface area contributed by atoms with Crippen LogP contribution in [0.3, 0.4) is 0 Å². The number of halogens is 3. The first-order valence-corrected chi connectivity index (χ1v) is 15.9. The minimum atomic E-state index is -4.48. The molecule has 0 saturated carbocycles. The number of ether oxygens (including phenoxy) is 2. The molecule has 47 heavy (non-hydrogen) atoms. The van der Waals surface area contributed by atoms with Gasteiger partial charge in [-0.1, -0.05) is 19.1 Å². The zero-order chi connectivity index (χ0) is 34.7. The fraction of sp³-hybridized carbons (Fsp3) is 0.559. The Kier molecular flexibility index (Phi) is 14.0. The van der Waals surface area contributed by atoms with Crippen molar-refractivity contribution in [2.24, 2.45) is 5.92 Å². The Morgan fingerprint density at radius 2 is 1.83 bits per heavy atom. The highest BCUT2D eigenvalue weighted by molar-refractivity contribution is 5.99. The zero-order valence-electron chi connectivity index (χ0n) is 27.4. The number of hydrogen-bond donors (Lipinski definition) is 3. The molecule has 0 fully saturated rings. The smallest absolute Gasteiger partial charge is 0.389 e. The molecule has 2 aromatic carbocycles. The summed E-state index contributed by atoms with van der Waals surface area (Å²) in [6, 6.07) is 10.5. The van der Waals surface area contributed by atoms with Gasteiger partial charge in [-0.05, 0) is 76.1 Å². The minimum absolute atomic E-state index is 0.120. The SMILES string of the molecule is C[C@@H]1CCCCO[C@@H](CN(C)Cc2ccc(C(=O)O)cc2)[C@H](C)CN([C@H](C)CO)C(=O)c2cc(NC(=O)CCC(F)(F)F)ccc2O1. The molecule has 260 valence electrons. The summed E-state index contributed by atoms with van der Waals surface area (Å²) in [5, 5.41) is 21.8. The maximum Gasteiger partial charge on any atom is 0.389 e. The number of nitrogens with zero attached hydrogens (tertiary/aromatic N) is 2. The molecule has 0 bridgehead atoms. The first-order valence-electron chi connectivity index (χ1n) is 15.9. The van der Waals surface area contributed by atoms with Gasteiger partial charge >= 0.3 is 12.1 Å². The van der Waals surface area contributed by atoms with E-state index in [1.807, 2.05) is 20.9 Å². The van der Waals surface area contributed by atoms with Gasteiger partial charge in [-0.2, -0.15) is 13.2 Å². The summed E-state index contributed by atoms with van der Waals surface area (Å²) >= 11 is 0. The molecule has 0 radical (unpaired) electrons. The summed E-state index contributed by atoms with van der Waals surface area (Å²) in [5.41, 5.74) is 1.42. The average molecular weight is 666 g/mol. The van der Waals surface area contributed by atoms with Crippen LogP contribution in [0.5, 0.6) is 5.75 Å². The van der Waals surface area contributed by atoms with Crippen molar-refractivity contribution in [1.82, 2.24) is 9.80 Å². The van der Waals surface area contributed by atoms with E-state index in [-0.39, 0.29) is 53.8 Å². The highest BCUT2D eigenvalue weighted by Crippen LogP contribution is 2.29. The van der Waals surface area contributed by atoms with Crippen LogP contribution in [0, 0.1) is 5.92 Å². The monoisotopic (exact) mass is 665 g/mol. The number of aliphatic hydroxyl groups is 1. The minimum Gasteiger partial charge on any atom is -0.490 e. The van der Waals surface area contributed by atoms with Crippen molar-refractivity contribution in [3.63, 3.8) is 0 Å². The lowest BCUT2D eigenvalue weighted by atomic mass is 10.0. The Bertz CT molecular complexity index is 1340. The third-order valence-corrected chi connectivity index (χ3v) is 8.12. The van der Waals surface area contributed by atoms with E-state index in [0.717, 1.165) is 18.4 Å². The van der Waals surface area contributed by atoms with Crippen molar-refractivity contribution in [2.75, 3.05) is 38.7 Å². The number of carboxylic acids is 1. The molecule has 4 atom stereocenters. The van der Waals surface area contributed by atoms with E-state index in [9.17, 15) is 37.8 Å².